The molecule has 0 spiro atoms. The number of nitrogens with zero attached hydrogens (tertiary/aromatic N) is 2. The van der Waals surface area contributed by atoms with Crippen LogP contribution in [0.5, 0.6) is 5.75 Å². The molecule has 33 heavy (non-hydrogen) atoms. The Labute approximate surface area is 190 Å². The Morgan fingerprint density at radius 1 is 1.21 bits per heavy atom. The van der Waals surface area contributed by atoms with Crippen molar-refractivity contribution in [3.63, 3.8) is 0 Å². The van der Waals surface area contributed by atoms with Gasteiger partial charge in [0, 0.05) is 19.6 Å². The highest BCUT2D eigenvalue weighted by molar-refractivity contribution is 5.97. The van der Waals surface area contributed by atoms with Crippen LogP contribution >= 0.6 is 0 Å². The number of rotatable bonds is 8. The summed E-state index contributed by atoms with van der Waals surface area (Å²) in [5.41, 5.74) is -0.230. The van der Waals surface area contributed by atoms with Crippen molar-refractivity contribution in [2.45, 2.75) is 19.1 Å². The smallest absolute Gasteiger partial charge is 0.416 e. The molecule has 6 nitrogen and oxygen atoms in total. The number of benzene rings is 2. The van der Waals surface area contributed by atoms with Crippen molar-refractivity contribution in [1.29, 1.82) is 0 Å². The maximum Gasteiger partial charge on any atom is 0.416 e. The number of nitrogens with one attached hydrogen (secondary N) is 1. The average Bonchev–Trinajstić information content (AvgIpc) is 2.79. The molecule has 0 aliphatic carbocycles. The molecule has 10 heteroatoms. The number of hydrogen-bond donors (Lipinski definition) is 1. The van der Waals surface area contributed by atoms with E-state index >= 15 is 0 Å². The molecule has 1 saturated heterocycles. The molecule has 1 amide bonds. The van der Waals surface area contributed by atoms with Gasteiger partial charge in [-0.2, -0.15) is 13.2 Å². The fourth-order valence-electron chi connectivity index (χ4n) is 3.38. The molecule has 3 rings (SSSR count). The van der Waals surface area contributed by atoms with Crippen LogP contribution in [0, 0.1) is 5.82 Å². The van der Waals surface area contributed by atoms with E-state index in [4.69, 9.17) is 9.47 Å². The molecule has 1 heterocycles. The van der Waals surface area contributed by atoms with E-state index in [0.717, 1.165) is 12.1 Å². The zero-order valence-electron chi connectivity index (χ0n) is 18.5. The topological polar surface area (TPSA) is 54.0 Å². The molecule has 1 N–H and O–H groups in total. The van der Waals surface area contributed by atoms with Crippen LogP contribution in [-0.4, -0.2) is 63.4 Å². The third-order valence-corrected chi connectivity index (χ3v) is 5.51. The molecule has 2 aromatic carbocycles. The first-order chi connectivity index (χ1) is 15.7. The van der Waals surface area contributed by atoms with Crippen LogP contribution in [0.2, 0.25) is 0 Å². The lowest BCUT2D eigenvalue weighted by Crippen LogP contribution is -2.42. The monoisotopic (exact) mass is 469 g/mol. The van der Waals surface area contributed by atoms with Gasteiger partial charge in [0.25, 0.3) is 0 Å². The Hall–Kier alpha value is -2.85. The molecule has 1 aliphatic heterocycles. The SMILES string of the molecule is C[C@@H](C(=O)Nc1cc(C(F)(F)F)ccc1N1CCOCC1)N(C)CCOc1ccccc1F. The van der Waals surface area contributed by atoms with E-state index < -0.39 is 29.5 Å². The molecule has 1 fully saturated rings. The summed E-state index contributed by atoms with van der Waals surface area (Å²) in [6.45, 7) is 4.01. The van der Waals surface area contributed by atoms with Gasteiger partial charge in [-0.1, -0.05) is 12.1 Å². The minimum absolute atomic E-state index is 0.0968. The normalized spacial score (nSPS) is 15.4. The van der Waals surface area contributed by atoms with Crippen LogP contribution in [0.3, 0.4) is 0 Å². The van der Waals surface area contributed by atoms with Gasteiger partial charge in [0.2, 0.25) is 5.91 Å². The number of anilines is 2. The van der Waals surface area contributed by atoms with E-state index in [9.17, 15) is 22.4 Å². The minimum Gasteiger partial charge on any atom is -0.489 e. The maximum absolute atomic E-state index is 13.7. The Morgan fingerprint density at radius 2 is 1.91 bits per heavy atom. The summed E-state index contributed by atoms with van der Waals surface area (Å²) in [4.78, 5) is 16.4. The van der Waals surface area contributed by atoms with Crippen molar-refractivity contribution in [1.82, 2.24) is 4.90 Å². The zero-order valence-corrected chi connectivity index (χ0v) is 18.5. The van der Waals surface area contributed by atoms with Crippen LogP contribution in [0.25, 0.3) is 0 Å². The van der Waals surface area contributed by atoms with E-state index in [-0.39, 0.29) is 18.0 Å². The van der Waals surface area contributed by atoms with Gasteiger partial charge < -0.3 is 19.7 Å². The number of amides is 1. The highest BCUT2D eigenvalue weighted by atomic mass is 19.4. The molecule has 0 aromatic heterocycles. The Kier molecular flexibility index (Phi) is 8.15. The summed E-state index contributed by atoms with van der Waals surface area (Å²) >= 11 is 0. The van der Waals surface area contributed by atoms with E-state index in [2.05, 4.69) is 5.32 Å². The van der Waals surface area contributed by atoms with Gasteiger partial charge in [0.1, 0.15) is 6.61 Å². The van der Waals surface area contributed by atoms with Gasteiger partial charge in [0.15, 0.2) is 11.6 Å². The number of hydrogen-bond acceptors (Lipinski definition) is 5. The second-order valence-electron chi connectivity index (χ2n) is 7.75. The lowest BCUT2D eigenvalue weighted by atomic mass is 10.1. The van der Waals surface area contributed by atoms with Crippen molar-refractivity contribution in [2.24, 2.45) is 0 Å². The average molecular weight is 469 g/mol. The lowest BCUT2D eigenvalue weighted by Gasteiger charge is -2.31. The molecule has 0 saturated carbocycles. The molecule has 0 radical (unpaired) electrons. The van der Waals surface area contributed by atoms with Crippen LogP contribution in [0.15, 0.2) is 42.5 Å². The summed E-state index contributed by atoms with van der Waals surface area (Å²) in [7, 11) is 1.68. The van der Waals surface area contributed by atoms with Crippen molar-refractivity contribution in [3.8, 4) is 5.75 Å². The summed E-state index contributed by atoms with van der Waals surface area (Å²) in [6, 6.07) is 8.68. The van der Waals surface area contributed by atoms with Gasteiger partial charge in [0.05, 0.1) is 36.2 Å². The Balaban J connectivity index is 1.67. The van der Waals surface area contributed by atoms with Crippen LogP contribution in [-0.2, 0) is 15.7 Å². The molecule has 0 unspecified atom stereocenters. The number of ether oxygens (including phenoxy) is 2. The first-order valence-corrected chi connectivity index (χ1v) is 10.6. The molecular formula is C23H27F4N3O3. The summed E-state index contributed by atoms with van der Waals surface area (Å²) < 4.78 is 64.2. The van der Waals surface area contributed by atoms with Gasteiger partial charge >= 0.3 is 6.18 Å². The molecular weight excluding hydrogens is 442 g/mol. The third-order valence-electron chi connectivity index (χ3n) is 5.51. The van der Waals surface area contributed by atoms with E-state index in [0.29, 0.717) is 38.5 Å². The number of para-hydroxylation sites is 1. The first-order valence-electron chi connectivity index (χ1n) is 10.6. The minimum atomic E-state index is -4.53. The van der Waals surface area contributed by atoms with Crippen molar-refractivity contribution in [3.05, 3.63) is 53.8 Å². The van der Waals surface area contributed by atoms with Crippen molar-refractivity contribution in [2.75, 3.05) is 56.7 Å². The summed E-state index contributed by atoms with van der Waals surface area (Å²) in [6.07, 6.45) is -4.53. The van der Waals surface area contributed by atoms with Crippen LogP contribution in [0.4, 0.5) is 28.9 Å². The van der Waals surface area contributed by atoms with Gasteiger partial charge in [-0.15, -0.1) is 0 Å². The van der Waals surface area contributed by atoms with Crippen LogP contribution < -0.4 is 15.0 Å². The first kappa shape index (κ1) is 24.8. The predicted octanol–water partition coefficient (Wildman–Crippen LogP) is 4.02. The van der Waals surface area contributed by atoms with Gasteiger partial charge in [-0.25, -0.2) is 4.39 Å². The number of likely N-dealkylation sites (N-methyl/N-ethyl adjacent to an activating group) is 1. The largest absolute Gasteiger partial charge is 0.489 e. The highest BCUT2D eigenvalue weighted by Crippen LogP contribution is 2.36. The quantitative estimate of drug-likeness (QED) is 0.592. The van der Waals surface area contributed by atoms with E-state index in [1.807, 2.05) is 4.90 Å². The summed E-state index contributed by atoms with van der Waals surface area (Å²) in [5.74, 6) is -0.828. The fraction of sp³-hybridized carbons (Fsp3) is 0.435. The van der Waals surface area contributed by atoms with Crippen molar-refractivity contribution >= 4 is 17.3 Å². The van der Waals surface area contributed by atoms with E-state index in [1.165, 1.54) is 18.2 Å². The van der Waals surface area contributed by atoms with Gasteiger partial charge in [-0.05, 0) is 44.3 Å². The standard InChI is InChI=1S/C23H27F4N3O3/c1-16(29(2)9-14-33-21-6-4-3-5-18(21)24)22(31)28-19-15-17(23(25,26)27)7-8-20(19)30-10-12-32-13-11-30/h3-8,15-16H,9-14H2,1-2H3,(H,28,31)/t16-/m0/s1. The highest BCUT2D eigenvalue weighted by Gasteiger charge is 2.32. The second kappa shape index (κ2) is 10.8. The Morgan fingerprint density at radius 3 is 2.58 bits per heavy atom. The Bertz CT molecular complexity index is 949. The molecule has 1 aliphatic rings. The molecule has 2 aromatic rings. The number of carbonyl (C=O) groups excluding carboxylic acids is 1. The molecule has 1 atom stereocenters. The fourth-order valence-corrected chi connectivity index (χ4v) is 3.38. The number of halogens is 4. The molecule has 0 bridgehead atoms. The van der Waals surface area contributed by atoms with Crippen LogP contribution in [0.1, 0.15) is 12.5 Å². The second-order valence-corrected chi connectivity index (χ2v) is 7.75. The summed E-state index contributed by atoms with van der Waals surface area (Å²) in [5, 5.41) is 2.65. The molecule has 180 valence electrons. The third kappa shape index (κ3) is 6.58. The van der Waals surface area contributed by atoms with E-state index in [1.54, 1.807) is 31.0 Å². The lowest BCUT2D eigenvalue weighted by molar-refractivity contribution is -0.137. The van der Waals surface area contributed by atoms with Crippen molar-refractivity contribution < 1.29 is 31.8 Å². The van der Waals surface area contributed by atoms with Gasteiger partial charge in [-0.3, -0.25) is 9.69 Å². The number of carbonyl (C=O) groups is 1. The number of alkyl halides is 3. The zero-order chi connectivity index (χ0) is 24.0. The predicted molar refractivity (Wildman–Crippen MR) is 117 cm³/mol. The maximum atomic E-state index is 13.7. The number of morpholine rings is 1.